The summed E-state index contributed by atoms with van der Waals surface area (Å²) < 4.78 is 5.78. The number of carbonyl (C=O) groups is 2. The van der Waals surface area contributed by atoms with Gasteiger partial charge in [0.05, 0.1) is 12.5 Å². The van der Waals surface area contributed by atoms with Crippen LogP contribution in [0.2, 0.25) is 0 Å². The summed E-state index contributed by atoms with van der Waals surface area (Å²) in [6, 6.07) is 0. The molecule has 2 unspecified atom stereocenters. The van der Waals surface area contributed by atoms with E-state index in [1.807, 2.05) is 0 Å². The van der Waals surface area contributed by atoms with Crippen LogP contribution in [0.3, 0.4) is 0 Å². The fraction of sp³-hybridized carbons (Fsp3) is 0.956. The van der Waals surface area contributed by atoms with Gasteiger partial charge in [-0.2, -0.15) is 0 Å². The molecule has 0 saturated carbocycles. The van der Waals surface area contributed by atoms with Gasteiger partial charge < -0.3 is 15.0 Å². The van der Waals surface area contributed by atoms with Crippen molar-refractivity contribution in [2.75, 3.05) is 33.3 Å². The highest BCUT2D eigenvalue weighted by atomic mass is 16.5. The van der Waals surface area contributed by atoms with Crippen LogP contribution in [-0.4, -0.2) is 50.1 Å². The minimum atomic E-state index is 0.0719. The maximum atomic E-state index is 13.0. The van der Waals surface area contributed by atoms with E-state index in [0.717, 1.165) is 71.0 Å². The molecule has 0 aromatic rings. The fourth-order valence-electron chi connectivity index (χ4n) is 7.22. The Hall–Kier alpha value is -1.10. The lowest BCUT2D eigenvalue weighted by Crippen LogP contribution is -2.31. The first-order chi connectivity index (χ1) is 24.5. The van der Waals surface area contributed by atoms with Crippen LogP contribution >= 0.6 is 0 Å². The van der Waals surface area contributed by atoms with E-state index in [-0.39, 0.29) is 17.8 Å². The van der Waals surface area contributed by atoms with E-state index in [2.05, 4.69) is 45.0 Å². The van der Waals surface area contributed by atoms with E-state index >= 15 is 0 Å². The quantitative estimate of drug-likeness (QED) is 0.0509. The Kier molecular flexibility index (Phi) is 38.3. The highest BCUT2D eigenvalue weighted by molar-refractivity contribution is 5.78. The topological polar surface area (TPSA) is 58.6 Å². The van der Waals surface area contributed by atoms with Crippen molar-refractivity contribution in [3.63, 3.8) is 0 Å². The maximum absolute atomic E-state index is 13.0. The molecule has 5 nitrogen and oxygen atoms in total. The van der Waals surface area contributed by atoms with Crippen LogP contribution in [0.5, 0.6) is 0 Å². The third-order valence-corrected chi connectivity index (χ3v) is 10.8. The van der Waals surface area contributed by atoms with Crippen LogP contribution in [0.1, 0.15) is 233 Å². The predicted molar refractivity (Wildman–Crippen MR) is 219 cm³/mol. The molecule has 0 radical (unpaired) electrons. The zero-order valence-corrected chi connectivity index (χ0v) is 34.8. The number of nitrogens with zero attached hydrogens (tertiary/aromatic N) is 1. The second-order valence-corrected chi connectivity index (χ2v) is 15.8. The van der Waals surface area contributed by atoms with Gasteiger partial charge in [0.1, 0.15) is 0 Å². The highest BCUT2D eigenvalue weighted by Gasteiger charge is 2.19. The zero-order valence-electron chi connectivity index (χ0n) is 34.8. The molecule has 5 heteroatoms. The predicted octanol–water partition coefficient (Wildman–Crippen LogP) is 13.4. The highest BCUT2D eigenvalue weighted by Crippen LogP contribution is 2.21. The van der Waals surface area contributed by atoms with Crippen molar-refractivity contribution < 1.29 is 14.3 Å². The van der Waals surface area contributed by atoms with Gasteiger partial charge in [-0.1, -0.05) is 182 Å². The second-order valence-electron chi connectivity index (χ2n) is 15.8. The molecule has 0 aromatic heterocycles. The van der Waals surface area contributed by atoms with Gasteiger partial charge in [-0.05, 0) is 71.5 Å². The first-order valence-electron chi connectivity index (χ1n) is 22.6. The number of hydrogen-bond acceptors (Lipinski definition) is 4. The van der Waals surface area contributed by atoms with Gasteiger partial charge in [0.25, 0.3) is 0 Å². The summed E-state index contributed by atoms with van der Waals surface area (Å²) in [6.07, 6.45) is 38.9. The molecule has 0 aliphatic carbocycles. The van der Waals surface area contributed by atoms with Crippen molar-refractivity contribution in [1.82, 2.24) is 10.2 Å². The van der Waals surface area contributed by atoms with Crippen LogP contribution in [0, 0.1) is 11.8 Å². The standard InChI is InChI=1S/C45H90N2O3/c1-6-10-14-18-20-28-35-42(34-26-16-12-8-3)44(48)46-38-30-22-23-31-39-47(5)40-32-24-25-33-41-50-45(49)43(36-27-17-13-9-4)37-29-21-19-15-11-7-2/h42-43H,6-41H2,1-5H3,(H,46,48). The van der Waals surface area contributed by atoms with Gasteiger partial charge in [0.15, 0.2) is 0 Å². The van der Waals surface area contributed by atoms with Crippen LogP contribution in [0.15, 0.2) is 0 Å². The molecule has 0 aliphatic rings. The largest absolute Gasteiger partial charge is 0.465 e. The molecule has 0 rings (SSSR count). The number of nitrogens with one attached hydrogen (secondary N) is 1. The Morgan fingerprint density at radius 3 is 1.30 bits per heavy atom. The molecule has 1 amide bonds. The lowest BCUT2D eigenvalue weighted by molar-refractivity contribution is -0.149. The Morgan fingerprint density at radius 1 is 0.460 bits per heavy atom. The first kappa shape index (κ1) is 48.9. The van der Waals surface area contributed by atoms with Gasteiger partial charge in [0, 0.05) is 12.5 Å². The number of esters is 1. The van der Waals surface area contributed by atoms with E-state index in [1.54, 1.807) is 0 Å². The molecular weight excluding hydrogens is 617 g/mol. The third kappa shape index (κ3) is 32.8. The average molecular weight is 707 g/mol. The van der Waals surface area contributed by atoms with Crippen molar-refractivity contribution in [3.8, 4) is 0 Å². The van der Waals surface area contributed by atoms with Crippen molar-refractivity contribution >= 4 is 11.9 Å². The normalized spacial score (nSPS) is 12.8. The summed E-state index contributed by atoms with van der Waals surface area (Å²) in [6.45, 7) is 12.8. The van der Waals surface area contributed by atoms with Gasteiger partial charge in [-0.25, -0.2) is 0 Å². The average Bonchev–Trinajstić information content (AvgIpc) is 3.11. The van der Waals surface area contributed by atoms with Crippen LogP contribution in [0.4, 0.5) is 0 Å². The molecule has 0 saturated heterocycles. The molecule has 0 aliphatic heterocycles. The molecule has 50 heavy (non-hydrogen) atoms. The van der Waals surface area contributed by atoms with Gasteiger partial charge in [-0.15, -0.1) is 0 Å². The smallest absolute Gasteiger partial charge is 0.308 e. The molecule has 298 valence electrons. The van der Waals surface area contributed by atoms with Gasteiger partial charge in [0.2, 0.25) is 5.91 Å². The first-order valence-corrected chi connectivity index (χ1v) is 22.6. The number of unbranched alkanes of at least 4 members (excludes halogenated alkanes) is 22. The molecule has 0 fully saturated rings. The molecule has 2 atom stereocenters. The Labute approximate surface area is 314 Å². The second kappa shape index (κ2) is 39.1. The minimum Gasteiger partial charge on any atom is -0.465 e. The molecule has 0 spiro atoms. The molecular formula is C45H90N2O3. The number of hydrogen-bond donors (Lipinski definition) is 1. The minimum absolute atomic E-state index is 0.0719. The van der Waals surface area contributed by atoms with Crippen LogP contribution in [-0.2, 0) is 14.3 Å². The SMILES string of the molecule is CCCCCCCCC(CCCCCC)C(=O)NCCCCCCN(C)CCCCCCOC(=O)C(CCCCCC)CCCCCCCC. The number of ether oxygens (including phenoxy) is 1. The van der Waals surface area contributed by atoms with Crippen LogP contribution < -0.4 is 5.32 Å². The van der Waals surface area contributed by atoms with E-state index in [9.17, 15) is 9.59 Å². The van der Waals surface area contributed by atoms with Crippen molar-refractivity contribution in [2.24, 2.45) is 11.8 Å². The van der Waals surface area contributed by atoms with E-state index in [0.29, 0.717) is 12.5 Å². The van der Waals surface area contributed by atoms with E-state index in [4.69, 9.17) is 4.74 Å². The number of rotatable bonds is 40. The molecule has 1 N–H and O–H groups in total. The van der Waals surface area contributed by atoms with Crippen molar-refractivity contribution in [1.29, 1.82) is 0 Å². The van der Waals surface area contributed by atoms with Crippen LogP contribution in [0.25, 0.3) is 0 Å². The monoisotopic (exact) mass is 707 g/mol. The summed E-state index contributed by atoms with van der Waals surface area (Å²) in [5, 5.41) is 3.30. The third-order valence-electron chi connectivity index (χ3n) is 10.8. The van der Waals surface area contributed by atoms with Gasteiger partial charge in [-0.3, -0.25) is 9.59 Å². The Morgan fingerprint density at radius 2 is 0.820 bits per heavy atom. The van der Waals surface area contributed by atoms with Gasteiger partial charge >= 0.3 is 5.97 Å². The number of amides is 1. The maximum Gasteiger partial charge on any atom is 0.308 e. The summed E-state index contributed by atoms with van der Waals surface area (Å²) in [4.78, 5) is 28.3. The van der Waals surface area contributed by atoms with E-state index < -0.39 is 0 Å². The van der Waals surface area contributed by atoms with Crippen molar-refractivity contribution in [2.45, 2.75) is 233 Å². The zero-order chi connectivity index (χ0) is 36.8. The number of carbonyl (C=O) groups excluding carboxylic acids is 2. The Bertz CT molecular complexity index is 656. The summed E-state index contributed by atoms with van der Waals surface area (Å²) in [7, 11) is 2.25. The summed E-state index contributed by atoms with van der Waals surface area (Å²) >= 11 is 0. The molecule has 0 bridgehead atoms. The summed E-state index contributed by atoms with van der Waals surface area (Å²) in [5.74, 6) is 0.725. The summed E-state index contributed by atoms with van der Waals surface area (Å²) in [5.41, 5.74) is 0. The van der Waals surface area contributed by atoms with E-state index in [1.165, 1.54) is 154 Å². The lowest BCUT2D eigenvalue weighted by Gasteiger charge is -2.18. The fourth-order valence-corrected chi connectivity index (χ4v) is 7.22. The van der Waals surface area contributed by atoms with Crippen molar-refractivity contribution in [3.05, 3.63) is 0 Å². The molecule has 0 aromatic carbocycles. The lowest BCUT2D eigenvalue weighted by atomic mass is 9.93. The Balaban J connectivity index is 4.00. The molecule has 0 heterocycles.